The molecule has 0 saturated carbocycles. The molecular formula is C14H13FN4O3S. The Morgan fingerprint density at radius 1 is 1.48 bits per heavy atom. The average molecular weight is 336 g/mol. The van der Waals surface area contributed by atoms with Gasteiger partial charge in [-0.2, -0.15) is 3.89 Å². The van der Waals surface area contributed by atoms with Crippen LogP contribution >= 0.6 is 12.1 Å². The van der Waals surface area contributed by atoms with Crippen molar-refractivity contribution in [3.63, 3.8) is 0 Å². The molecule has 2 aromatic heterocycles. The lowest BCUT2D eigenvalue weighted by Crippen LogP contribution is -2.26. The summed E-state index contributed by atoms with van der Waals surface area (Å²) in [6.07, 6.45) is 2.81. The number of rotatable bonds is 3. The summed E-state index contributed by atoms with van der Waals surface area (Å²) in [6.45, 7) is 2.06. The first kappa shape index (κ1) is 15.5. The molecule has 1 aliphatic heterocycles. The smallest absolute Gasteiger partial charge is 0.358 e. The van der Waals surface area contributed by atoms with E-state index < -0.39 is 5.97 Å². The Labute approximate surface area is 135 Å². The number of fused-ring (bicyclic) bond motifs is 3. The fraction of sp³-hybridized carbons (Fsp3) is 0.286. The van der Waals surface area contributed by atoms with Crippen LogP contribution < -0.4 is 0 Å². The molecule has 1 amide bonds. The number of ether oxygens (including phenoxy) is 1. The lowest BCUT2D eigenvalue weighted by atomic mass is 10.2. The van der Waals surface area contributed by atoms with Gasteiger partial charge in [-0.15, -0.1) is 0 Å². The Morgan fingerprint density at radius 2 is 2.26 bits per heavy atom. The number of hydrogen-bond acceptors (Lipinski definition) is 6. The minimum atomic E-state index is -0.568. The number of aromatic nitrogens is 3. The molecular weight excluding hydrogens is 323 g/mol. The maximum atomic E-state index is 13.2. The Hall–Kier alpha value is -2.42. The van der Waals surface area contributed by atoms with Crippen molar-refractivity contribution in [3.05, 3.63) is 35.5 Å². The van der Waals surface area contributed by atoms with E-state index in [-0.39, 0.29) is 53.2 Å². The summed E-state index contributed by atoms with van der Waals surface area (Å²) in [7, 11) is 1.57. The van der Waals surface area contributed by atoms with Crippen molar-refractivity contribution < 1.29 is 18.2 Å². The van der Waals surface area contributed by atoms with Crippen molar-refractivity contribution in [2.75, 3.05) is 13.7 Å². The van der Waals surface area contributed by atoms with Gasteiger partial charge in [-0.25, -0.2) is 14.8 Å². The summed E-state index contributed by atoms with van der Waals surface area (Å²) in [5.74, 6) is -0.687. The van der Waals surface area contributed by atoms with Crippen LogP contribution in [0.1, 0.15) is 33.5 Å². The molecule has 0 aliphatic carbocycles. The van der Waals surface area contributed by atoms with Crippen molar-refractivity contribution >= 4 is 24.0 Å². The third-order valence-corrected chi connectivity index (χ3v) is 3.99. The zero-order valence-corrected chi connectivity index (χ0v) is 13.3. The molecule has 2 aromatic rings. The van der Waals surface area contributed by atoms with Crippen LogP contribution in [0.2, 0.25) is 0 Å². The molecule has 1 aliphatic rings. The third-order valence-electron chi connectivity index (χ3n) is 3.49. The Morgan fingerprint density at radius 3 is 2.96 bits per heavy atom. The Balaban J connectivity index is 2.23. The van der Waals surface area contributed by atoms with Crippen LogP contribution in [0.4, 0.5) is 3.89 Å². The van der Waals surface area contributed by atoms with E-state index in [0.29, 0.717) is 5.69 Å². The zero-order chi connectivity index (χ0) is 16.6. The first-order chi connectivity index (χ1) is 11.1. The monoisotopic (exact) mass is 336 g/mol. The van der Waals surface area contributed by atoms with Crippen LogP contribution in [0, 0.1) is 0 Å². The first-order valence-electron chi connectivity index (χ1n) is 6.85. The molecule has 0 saturated heterocycles. The van der Waals surface area contributed by atoms with Gasteiger partial charge >= 0.3 is 5.97 Å². The van der Waals surface area contributed by atoms with Gasteiger partial charge in [-0.05, 0) is 13.0 Å². The molecule has 0 fully saturated rings. The number of pyridine rings is 1. The van der Waals surface area contributed by atoms with Crippen LogP contribution in [0.5, 0.6) is 0 Å². The second-order valence-electron chi connectivity index (χ2n) is 4.88. The van der Waals surface area contributed by atoms with Crippen LogP contribution in [0.15, 0.2) is 23.5 Å². The highest BCUT2D eigenvalue weighted by Gasteiger charge is 2.31. The minimum absolute atomic E-state index is 0.0185. The number of carbonyl (C=O) groups is 2. The molecule has 3 rings (SSSR count). The van der Waals surface area contributed by atoms with E-state index in [2.05, 4.69) is 9.97 Å². The molecule has 7 nitrogen and oxygen atoms in total. The van der Waals surface area contributed by atoms with Gasteiger partial charge in [0.15, 0.2) is 11.5 Å². The molecule has 9 heteroatoms. The van der Waals surface area contributed by atoms with Crippen molar-refractivity contribution in [1.29, 1.82) is 0 Å². The summed E-state index contributed by atoms with van der Waals surface area (Å²) in [4.78, 5) is 34.4. The van der Waals surface area contributed by atoms with Crippen molar-refractivity contribution in [1.82, 2.24) is 19.4 Å². The SMILES string of the molecule is CCOC(=O)c1ncn2c1CN(C)C(=O)c1c(SF)ccnc1-2. The van der Waals surface area contributed by atoms with Gasteiger partial charge in [0.1, 0.15) is 6.33 Å². The number of halogens is 1. The average Bonchev–Trinajstić information content (AvgIpc) is 2.92. The maximum Gasteiger partial charge on any atom is 0.358 e. The van der Waals surface area contributed by atoms with Crippen LogP contribution in [-0.4, -0.2) is 45.0 Å². The molecule has 120 valence electrons. The fourth-order valence-corrected chi connectivity index (χ4v) is 2.81. The third kappa shape index (κ3) is 2.46. The summed E-state index contributed by atoms with van der Waals surface area (Å²) in [5.41, 5.74) is 0.750. The van der Waals surface area contributed by atoms with Crippen molar-refractivity contribution in [3.8, 4) is 5.82 Å². The highest BCUT2D eigenvalue weighted by atomic mass is 32.2. The second kappa shape index (κ2) is 5.99. The molecule has 0 radical (unpaired) electrons. The van der Waals surface area contributed by atoms with Crippen LogP contribution in [0.3, 0.4) is 0 Å². The van der Waals surface area contributed by atoms with E-state index in [1.54, 1.807) is 14.0 Å². The lowest BCUT2D eigenvalue weighted by molar-refractivity contribution is 0.0515. The van der Waals surface area contributed by atoms with E-state index in [4.69, 9.17) is 4.74 Å². The van der Waals surface area contributed by atoms with Crippen LogP contribution in [0.25, 0.3) is 5.82 Å². The molecule has 0 spiro atoms. The largest absolute Gasteiger partial charge is 0.461 e. The van der Waals surface area contributed by atoms with E-state index in [1.807, 2.05) is 0 Å². The molecule has 0 unspecified atom stereocenters. The Kier molecular flexibility index (Phi) is 4.03. The lowest BCUT2D eigenvalue weighted by Gasteiger charge is -2.15. The molecule has 0 atom stereocenters. The number of amides is 1. The fourth-order valence-electron chi connectivity index (χ4n) is 2.45. The number of nitrogens with zero attached hydrogens (tertiary/aromatic N) is 4. The molecule has 0 bridgehead atoms. The normalized spacial score (nSPS) is 13.3. The van der Waals surface area contributed by atoms with Gasteiger partial charge in [-0.3, -0.25) is 9.36 Å². The number of imidazole rings is 1. The topological polar surface area (TPSA) is 77.3 Å². The summed E-state index contributed by atoms with van der Waals surface area (Å²) >= 11 is -0.0185. The van der Waals surface area contributed by atoms with E-state index in [9.17, 15) is 13.5 Å². The quantitative estimate of drug-likeness (QED) is 0.798. The number of hydrogen-bond donors (Lipinski definition) is 0. The number of esters is 1. The molecule has 0 N–H and O–H groups in total. The molecule has 23 heavy (non-hydrogen) atoms. The maximum absolute atomic E-state index is 13.2. The van der Waals surface area contributed by atoms with Gasteiger partial charge in [-0.1, -0.05) is 0 Å². The molecule has 0 aromatic carbocycles. The van der Waals surface area contributed by atoms with Gasteiger partial charge in [0.05, 0.1) is 41.5 Å². The highest BCUT2D eigenvalue weighted by molar-refractivity contribution is 7.94. The van der Waals surface area contributed by atoms with Gasteiger partial charge in [0.25, 0.3) is 5.91 Å². The summed E-state index contributed by atoms with van der Waals surface area (Å²) in [6, 6.07) is 1.43. The first-order valence-corrected chi connectivity index (χ1v) is 7.57. The van der Waals surface area contributed by atoms with E-state index in [0.717, 1.165) is 0 Å². The minimum Gasteiger partial charge on any atom is -0.461 e. The van der Waals surface area contributed by atoms with Gasteiger partial charge in [0.2, 0.25) is 0 Å². The predicted octanol–water partition coefficient (Wildman–Crippen LogP) is 2.01. The standard InChI is InChI=1S/C14H13FN4O3S/c1-3-22-14(21)11-8-6-18(2)13(20)10-9(23-15)4-5-16-12(10)19(8)7-17-11/h4-5,7H,3,6H2,1-2H3. The van der Waals surface area contributed by atoms with E-state index in [1.165, 1.54) is 28.1 Å². The van der Waals surface area contributed by atoms with Gasteiger partial charge in [0, 0.05) is 13.2 Å². The summed E-state index contributed by atoms with van der Waals surface area (Å²) < 4.78 is 19.7. The van der Waals surface area contributed by atoms with Crippen molar-refractivity contribution in [2.45, 2.75) is 18.4 Å². The second-order valence-corrected chi connectivity index (χ2v) is 5.47. The Bertz CT molecular complexity index is 792. The summed E-state index contributed by atoms with van der Waals surface area (Å²) in [5, 5.41) is 0. The van der Waals surface area contributed by atoms with Crippen LogP contribution in [-0.2, 0) is 11.3 Å². The zero-order valence-electron chi connectivity index (χ0n) is 12.4. The molecule has 3 heterocycles. The van der Waals surface area contributed by atoms with E-state index >= 15 is 0 Å². The predicted molar refractivity (Wildman–Crippen MR) is 80.1 cm³/mol. The van der Waals surface area contributed by atoms with Gasteiger partial charge < -0.3 is 9.64 Å². The number of carbonyl (C=O) groups excluding carboxylic acids is 2. The van der Waals surface area contributed by atoms with Crippen molar-refractivity contribution in [2.24, 2.45) is 0 Å². The highest BCUT2D eigenvalue weighted by Crippen LogP contribution is 2.31.